The van der Waals surface area contributed by atoms with Crippen LogP contribution < -0.4 is 0 Å². The molecule has 4 rings (SSSR count). The Morgan fingerprint density at radius 2 is 1.11 bits per heavy atom. The Kier molecular flexibility index (Phi) is 5.87. The number of β-amino-alcohol motifs (C(OH)–C–C–N with tert-alkyl or cyclic N) is 1. The smallest absolute Gasteiger partial charge is 0.0732 e. The van der Waals surface area contributed by atoms with Crippen molar-refractivity contribution in [2.75, 3.05) is 52.4 Å². The zero-order valence-electron chi connectivity index (χ0n) is 15.9. The minimum atomic E-state index is 0.269. The standard InChI is InChI=1S/C23H29N3O/c27-19-18-25-16-14-24(15-17-25)12-7-13-26-22(20-8-3-1-4-9-20)23(26)21-10-5-2-6-11-21/h1-6,8-11,27H,7,12-19H2. The van der Waals surface area contributed by atoms with E-state index >= 15 is 0 Å². The van der Waals surface area contributed by atoms with Crippen LogP contribution in [0.1, 0.15) is 17.5 Å². The average molecular weight is 364 g/mol. The van der Waals surface area contributed by atoms with Crippen molar-refractivity contribution >= 4 is 11.4 Å². The van der Waals surface area contributed by atoms with E-state index in [2.05, 4.69) is 75.4 Å². The molecule has 1 saturated heterocycles. The Labute approximate surface area is 162 Å². The zero-order chi connectivity index (χ0) is 18.5. The molecule has 0 unspecified atom stereocenters. The summed E-state index contributed by atoms with van der Waals surface area (Å²) in [5.41, 5.74) is 5.40. The summed E-state index contributed by atoms with van der Waals surface area (Å²) in [5, 5.41) is 9.07. The summed E-state index contributed by atoms with van der Waals surface area (Å²) in [7, 11) is 0. The molecule has 2 aliphatic rings. The Balaban J connectivity index is 1.33. The van der Waals surface area contributed by atoms with Gasteiger partial charge in [-0.1, -0.05) is 60.7 Å². The molecule has 4 nitrogen and oxygen atoms in total. The monoisotopic (exact) mass is 363 g/mol. The fourth-order valence-corrected chi connectivity index (χ4v) is 4.03. The van der Waals surface area contributed by atoms with E-state index in [1.165, 1.54) is 28.9 Å². The van der Waals surface area contributed by atoms with Gasteiger partial charge in [0.2, 0.25) is 0 Å². The molecular formula is C23H29N3O. The predicted molar refractivity (Wildman–Crippen MR) is 111 cm³/mol. The fraction of sp³-hybridized carbons (Fsp3) is 0.391. The van der Waals surface area contributed by atoms with Crippen molar-refractivity contribution in [2.24, 2.45) is 0 Å². The summed E-state index contributed by atoms with van der Waals surface area (Å²) < 4.78 is 0. The van der Waals surface area contributed by atoms with Crippen LogP contribution in [0.15, 0.2) is 60.7 Å². The molecule has 2 aromatic carbocycles. The third-order valence-electron chi connectivity index (χ3n) is 5.55. The number of aliphatic hydroxyl groups excluding tert-OH is 1. The number of rotatable bonds is 8. The highest BCUT2D eigenvalue weighted by atomic mass is 16.3. The van der Waals surface area contributed by atoms with E-state index in [-0.39, 0.29) is 6.61 Å². The Hall–Kier alpha value is -2.14. The van der Waals surface area contributed by atoms with Gasteiger partial charge in [-0.2, -0.15) is 0 Å². The van der Waals surface area contributed by atoms with Crippen LogP contribution in [-0.2, 0) is 0 Å². The van der Waals surface area contributed by atoms with Crippen LogP contribution in [0.25, 0.3) is 11.4 Å². The van der Waals surface area contributed by atoms with Gasteiger partial charge in [0, 0.05) is 50.4 Å². The van der Waals surface area contributed by atoms with Crippen molar-refractivity contribution in [3.05, 3.63) is 71.8 Å². The molecule has 1 N–H and O–H groups in total. The van der Waals surface area contributed by atoms with Crippen LogP contribution in [0, 0.1) is 0 Å². The van der Waals surface area contributed by atoms with Gasteiger partial charge >= 0.3 is 0 Å². The molecule has 0 bridgehead atoms. The van der Waals surface area contributed by atoms with E-state index in [0.717, 1.165) is 45.8 Å². The lowest BCUT2D eigenvalue weighted by Crippen LogP contribution is -2.47. The molecule has 142 valence electrons. The van der Waals surface area contributed by atoms with Gasteiger partial charge in [-0.05, 0) is 13.0 Å². The molecule has 27 heavy (non-hydrogen) atoms. The minimum Gasteiger partial charge on any atom is -0.395 e. The van der Waals surface area contributed by atoms with Crippen molar-refractivity contribution in [3.8, 4) is 0 Å². The van der Waals surface area contributed by atoms with E-state index in [9.17, 15) is 0 Å². The predicted octanol–water partition coefficient (Wildman–Crippen LogP) is 2.83. The van der Waals surface area contributed by atoms with Gasteiger partial charge in [0.05, 0.1) is 18.0 Å². The van der Waals surface area contributed by atoms with Crippen molar-refractivity contribution in [1.82, 2.24) is 14.7 Å². The number of aliphatic hydroxyl groups is 1. The van der Waals surface area contributed by atoms with Crippen LogP contribution in [0.5, 0.6) is 0 Å². The molecule has 2 aromatic rings. The number of hydrogen-bond acceptors (Lipinski definition) is 4. The minimum absolute atomic E-state index is 0.269. The van der Waals surface area contributed by atoms with E-state index < -0.39 is 0 Å². The van der Waals surface area contributed by atoms with Gasteiger partial charge in [0.15, 0.2) is 0 Å². The Morgan fingerprint density at radius 1 is 0.630 bits per heavy atom. The highest BCUT2D eigenvalue weighted by molar-refractivity contribution is 6.04. The third-order valence-corrected chi connectivity index (χ3v) is 5.55. The lowest BCUT2D eigenvalue weighted by molar-refractivity contribution is 0.111. The third kappa shape index (κ3) is 4.41. The van der Waals surface area contributed by atoms with Crippen LogP contribution in [0.2, 0.25) is 0 Å². The van der Waals surface area contributed by atoms with Gasteiger partial charge in [0.1, 0.15) is 0 Å². The van der Waals surface area contributed by atoms with Gasteiger partial charge in [-0.3, -0.25) is 4.90 Å². The summed E-state index contributed by atoms with van der Waals surface area (Å²) in [4.78, 5) is 7.39. The lowest BCUT2D eigenvalue weighted by Gasteiger charge is -2.34. The summed E-state index contributed by atoms with van der Waals surface area (Å²) in [6.07, 6.45) is 1.17. The quantitative estimate of drug-likeness (QED) is 0.781. The van der Waals surface area contributed by atoms with Crippen LogP contribution in [0.3, 0.4) is 0 Å². The number of hydrogen-bond donors (Lipinski definition) is 1. The van der Waals surface area contributed by atoms with Gasteiger partial charge < -0.3 is 14.9 Å². The number of benzene rings is 2. The SMILES string of the molecule is OCCN1CCN(CCCN2C(c3ccccc3)=C2c2ccccc2)CC1. The first-order valence-corrected chi connectivity index (χ1v) is 10.0. The first kappa shape index (κ1) is 18.2. The molecule has 0 spiro atoms. The van der Waals surface area contributed by atoms with E-state index in [4.69, 9.17) is 5.11 Å². The second-order valence-electron chi connectivity index (χ2n) is 7.34. The molecule has 0 radical (unpaired) electrons. The van der Waals surface area contributed by atoms with Crippen LogP contribution in [-0.4, -0.2) is 72.2 Å². The summed E-state index contributed by atoms with van der Waals surface area (Å²) >= 11 is 0. The normalized spacial score (nSPS) is 18.2. The van der Waals surface area contributed by atoms with Crippen LogP contribution >= 0.6 is 0 Å². The lowest BCUT2D eigenvalue weighted by atomic mass is 10.1. The first-order valence-electron chi connectivity index (χ1n) is 10.0. The summed E-state index contributed by atoms with van der Waals surface area (Å²) in [5.74, 6) is 0. The highest BCUT2D eigenvalue weighted by Gasteiger charge is 2.34. The van der Waals surface area contributed by atoms with E-state index in [0.29, 0.717) is 0 Å². The Morgan fingerprint density at radius 3 is 1.59 bits per heavy atom. The Bertz CT molecular complexity index is 702. The van der Waals surface area contributed by atoms with Gasteiger partial charge in [-0.25, -0.2) is 0 Å². The molecule has 0 saturated carbocycles. The summed E-state index contributed by atoms with van der Waals surface area (Å²) in [6, 6.07) is 21.5. The highest BCUT2D eigenvalue weighted by Crippen LogP contribution is 2.46. The molecule has 0 aromatic heterocycles. The van der Waals surface area contributed by atoms with Crippen molar-refractivity contribution in [2.45, 2.75) is 6.42 Å². The second-order valence-corrected chi connectivity index (χ2v) is 7.34. The van der Waals surface area contributed by atoms with Gasteiger partial charge in [-0.15, -0.1) is 0 Å². The number of piperazine rings is 1. The van der Waals surface area contributed by atoms with Crippen molar-refractivity contribution < 1.29 is 5.11 Å². The topological polar surface area (TPSA) is 29.7 Å². The maximum absolute atomic E-state index is 9.07. The van der Waals surface area contributed by atoms with Crippen molar-refractivity contribution in [1.29, 1.82) is 0 Å². The molecule has 1 fully saturated rings. The fourth-order valence-electron chi connectivity index (χ4n) is 4.03. The van der Waals surface area contributed by atoms with E-state index in [1.54, 1.807) is 0 Å². The molecular weight excluding hydrogens is 334 g/mol. The van der Waals surface area contributed by atoms with Crippen LogP contribution in [0.4, 0.5) is 0 Å². The first-order chi connectivity index (χ1) is 13.4. The van der Waals surface area contributed by atoms with Crippen molar-refractivity contribution in [3.63, 3.8) is 0 Å². The average Bonchev–Trinajstić information content (AvgIpc) is 3.45. The zero-order valence-corrected chi connectivity index (χ0v) is 15.9. The second kappa shape index (κ2) is 8.70. The maximum atomic E-state index is 9.07. The molecule has 0 amide bonds. The maximum Gasteiger partial charge on any atom is 0.0732 e. The molecule has 2 aliphatic heterocycles. The number of nitrogens with zero attached hydrogens (tertiary/aromatic N) is 3. The molecule has 0 aliphatic carbocycles. The largest absolute Gasteiger partial charge is 0.395 e. The molecule has 4 heteroatoms. The molecule has 0 atom stereocenters. The van der Waals surface area contributed by atoms with E-state index in [1.807, 2.05) is 0 Å². The van der Waals surface area contributed by atoms with Gasteiger partial charge in [0.25, 0.3) is 0 Å². The molecule has 2 heterocycles. The summed E-state index contributed by atoms with van der Waals surface area (Å²) in [6.45, 7) is 7.69.